The number of fused-ring (bicyclic) bond motifs is 1. The van der Waals surface area contributed by atoms with Crippen LogP contribution in [0.5, 0.6) is 0 Å². The van der Waals surface area contributed by atoms with Gasteiger partial charge in [0.2, 0.25) is 17.7 Å². The Bertz CT molecular complexity index is 1160. The van der Waals surface area contributed by atoms with E-state index in [0.29, 0.717) is 18.2 Å². The zero-order valence-corrected chi connectivity index (χ0v) is 16.2. The third kappa shape index (κ3) is 3.41. The first-order chi connectivity index (χ1) is 13.5. The maximum atomic E-state index is 12.7. The minimum absolute atomic E-state index is 0.0842. The van der Waals surface area contributed by atoms with Crippen molar-refractivity contribution in [2.24, 2.45) is 0 Å². The summed E-state index contributed by atoms with van der Waals surface area (Å²) in [6.45, 7) is 6.20. The lowest BCUT2D eigenvalue weighted by Gasteiger charge is -2.10. The van der Waals surface area contributed by atoms with Gasteiger partial charge >= 0.3 is 0 Å². The van der Waals surface area contributed by atoms with Gasteiger partial charge in [0.05, 0.1) is 5.56 Å². The summed E-state index contributed by atoms with van der Waals surface area (Å²) in [7, 11) is 0. The highest BCUT2D eigenvalue weighted by atomic mass is 16.4. The molecule has 0 aliphatic carbocycles. The molecular formula is C22H22N4O2. The lowest BCUT2D eigenvalue weighted by molar-refractivity contribution is -0.116. The molecule has 0 aliphatic heterocycles. The van der Waals surface area contributed by atoms with Gasteiger partial charge in [-0.3, -0.25) is 4.79 Å². The van der Waals surface area contributed by atoms with Gasteiger partial charge in [-0.1, -0.05) is 42.8 Å². The third-order valence-corrected chi connectivity index (χ3v) is 4.76. The quantitative estimate of drug-likeness (QED) is 0.558. The molecule has 0 atom stereocenters. The number of anilines is 1. The first kappa shape index (κ1) is 18.0. The van der Waals surface area contributed by atoms with Gasteiger partial charge in [0.1, 0.15) is 6.54 Å². The van der Waals surface area contributed by atoms with Crippen LogP contribution in [0.2, 0.25) is 0 Å². The van der Waals surface area contributed by atoms with Crippen LogP contribution < -0.4 is 5.32 Å². The van der Waals surface area contributed by atoms with Crippen molar-refractivity contribution < 1.29 is 9.21 Å². The van der Waals surface area contributed by atoms with Crippen molar-refractivity contribution in [3.8, 4) is 11.5 Å². The number of nitrogens with one attached hydrogen (secondary N) is 1. The van der Waals surface area contributed by atoms with Crippen LogP contribution in [0.3, 0.4) is 0 Å². The molecular weight excluding hydrogens is 352 g/mol. The predicted octanol–water partition coefficient (Wildman–Crippen LogP) is 4.51. The Kier molecular flexibility index (Phi) is 4.69. The number of hydrogen-bond acceptors (Lipinski definition) is 4. The molecule has 142 valence electrons. The minimum Gasteiger partial charge on any atom is -0.421 e. The maximum Gasteiger partial charge on any atom is 0.249 e. The number of rotatable bonds is 5. The van der Waals surface area contributed by atoms with E-state index in [-0.39, 0.29) is 12.5 Å². The molecule has 1 N–H and O–H groups in total. The fraction of sp³-hybridized carbons (Fsp3) is 0.227. The Morgan fingerprint density at radius 2 is 1.96 bits per heavy atom. The van der Waals surface area contributed by atoms with Crippen molar-refractivity contribution in [1.29, 1.82) is 0 Å². The van der Waals surface area contributed by atoms with Crippen molar-refractivity contribution in [3.05, 3.63) is 65.7 Å². The van der Waals surface area contributed by atoms with E-state index >= 15 is 0 Å². The van der Waals surface area contributed by atoms with Crippen LogP contribution in [-0.4, -0.2) is 20.7 Å². The third-order valence-electron chi connectivity index (χ3n) is 4.76. The highest BCUT2D eigenvalue weighted by Crippen LogP contribution is 2.30. The summed E-state index contributed by atoms with van der Waals surface area (Å²) in [5.41, 5.74) is 4.83. The molecule has 28 heavy (non-hydrogen) atoms. The highest BCUT2D eigenvalue weighted by Gasteiger charge is 2.17. The number of nitrogens with zero attached hydrogens (tertiary/aromatic N) is 3. The van der Waals surface area contributed by atoms with Gasteiger partial charge in [-0.05, 0) is 31.5 Å². The Morgan fingerprint density at radius 3 is 2.71 bits per heavy atom. The van der Waals surface area contributed by atoms with Crippen LogP contribution >= 0.6 is 0 Å². The molecule has 1 amide bonds. The molecule has 4 aromatic rings. The summed E-state index contributed by atoms with van der Waals surface area (Å²) < 4.78 is 7.65. The molecule has 4 rings (SSSR count). The minimum atomic E-state index is -0.0842. The molecule has 0 fully saturated rings. The maximum absolute atomic E-state index is 12.7. The molecule has 0 radical (unpaired) electrons. The standard InChI is InChI=1S/C22H22N4O2/c1-4-21-24-25-22(28-21)17-12-26(19-8-6-5-7-16(17)19)13-20(27)23-18-10-9-14(2)11-15(18)3/h5-12H,4,13H2,1-3H3,(H,23,27). The molecule has 2 heterocycles. The number of hydrogen-bond donors (Lipinski definition) is 1. The number of para-hydroxylation sites is 1. The lowest BCUT2D eigenvalue weighted by Crippen LogP contribution is -2.18. The number of aromatic nitrogens is 3. The molecule has 0 spiro atoms. The number of carbonyl (C=O) groups excluding carboxylic acids is 1. The van der Waals surface area contributed by atoms with E-state index in [2.05, 4.69) is 21.6 Å². The molecule has 0 unspecified atom stereocenters. The molecule has 2 aromatic carbocycles. The van der Waals surface area contributed by atoms with Gasteiger partial charge in [-0.25, -0.2) is 0 Å². The largest absolute Gasteiger partial charge is 0.421 e. The number of carbonyl (C=O) groups is 1. The summed E-state index contributed by atoms with van der Waals surface area (Å²) in [6.07, 6.45) is 2.59. The van der Waals surface area contributed by atoms with Crippen LogP contribution in [0.15, 0.2) is 53.1 Å². The Hall–Kier alpha value is -3.41. The lowest BCUT2D eigenvalue weighted by atomic mass is 10.1. The van der Waals surface area contributed by atoms with Crippen molar-refractivity contribution in [2.45, 2.75) is 33.7 Å². The van der Waals surface area contributed by atoms with Crippen molar-refractivity contribution in [3.63, 3.8) is 0 Å². The van der Waals surface area contributed by atoms with E-state index in [9.17, 15) is 4.79 Å². The molecule has 2 aromatic heterocycles. The highest BCUT2D eigenvalue weighted by molar-refractivity contribution is 5.96. The predicted molar refractivity (Wildman–Crippen MR) is 109 cm³/mol. The van der Waals surface area contributed by atoms with E-state index in [1.54, 1.807) is 0 Å². The van der Waals surface area contributed by atoms with E-state index in [1.165, 1.54) is 5.56 Å². The van der Waals surface area contributed by atoms with Crippen LogP contribution in [0.25, 0.3) is 22.4 Å². The van der Waals surface area contributed by atoms with Crippen molar-refractivity contribution >= 4 is 22.5 Å². The topological polar surface area (TPSA) is 73.0 Å². The van der Waals surface area contributed by atoms with Gasteiger partial charge in [-0.2, -0.15) is 0 Å². The van der Waals surface area contributed by atoms with Gasteiger partial charge in [-0.15, -0.1) is 10.2 Å². The molecule has 0 bridgehead atoms. The van der Waals surface area contributed by atoms with E-state index < -0.39 is 0 Å². The summed E-state index contributed by atoms with van der Waals surface area (Å²) in [6, 6.07) is 13.9. The van der Waals surface area contributed by atoms with Crippen LogP contribution in [-0.2, 0) is 17.8 Å². The zero-order valence-electron chi connectivity index (χ0n) is 16.2. The fourth-order valence-corrected chi connectivity index (χ4v) is 3.35. The SMILES string of the molecule is CCc1nnc(-c2cn(CC(=O)Nc3ccc(C)cc3C)c3ccccc23)o1. The second-order valence-electron chi connectivity index (χ2n) is 6.91. The molecule has 0 saturated heterocycles. The Balaban J connectivity index is 1.64. The first-order valence-electron chi connectivity index (χ1n) is 9.33. The van der Waals surface area contributed by atoms with Gasteiger partial charge in [0, 0.05) is 29.2 Å². The molecule has 0 aliphatic rings. The zero-order chi connectivity index (χ0) is 19.7. The second-order valence-corrected chi connectivity index (χ2v) is 6.91. The second kappa shape index (κ2) is 7.31. The number of benzene rings is 2. The van der Waals surface area contributed by atoms with Crippen molar-refractivity contribution in [1.82, 2.24) is 14.8 Å². The smallest absolute Gasteiger partial charge is 0.249 e. The number of amides is 1. The van der Waals surface area contributed by atoms with Crippen LogP contribution in [0.4, 0.5) is 5.69 Å². The normalized spacial score (nSPS) is 11.1. The Morgan fingerprint density at radius 1 is 1.14 bits per heavy atom. The number of aryl methyl sites for hydroxylation is 3. The summed E-state index contributed by atoms with van der Waals surface area (Å²) in [5.74, 6) is 0.986. The van der Waals surface area contributed by atoms with E-state index in [1.807, 2.05) is 67.9 Å². The van der Waals surface area contributed by atoms with E-state index in [4.69, 9.17) is 4.42 Å². The first-order valence-corrected chi connectivity index (χ1v) is 9.33. The monoisotopic (exact) mass is 374 g/mol. The van der Waals surface area contributed by atoms with Gasteiger partial charge in [0.15, 0.2) is 0 Å². The average Bonchev–Trinajstić information content (AvgIpc) is 3.29. The van der Waals surface area contributed by atoms with Crippen molar-refractivity contribution in [2.75, 3.05) is 5.32 Å². The van der Waals surface area contributed by atoms with Crippen LogP contribution in [0.1, 0.15) is 23.9 Å². The van der Waals surface area contributed by atoms with Gasteiger partial charge in [0.25, 0.3) is 0 Å². The fourth-order valence-electron chi connectivity index (χ4n) is 3.35. The summed E-state index contributed by atoms with van der Waals surface area (Å²) in [4.78, 5) is 12.7. The summed E-state index contributed by atoms with van der Waals surface area (Å²) >= 11 is 0. The van der Waals surface area contributed by atoms with Gasteiger partial charge < -0.3 is 14.3 Å². The Labute approximate surface area is 163 Å². The van der Waals surface area contributed by atoms with Crippen LogP contribution in [0, 0.1) is 13.8 Å². The molecule has 6 heteroatoms. The summed E-state index contributed by atoms with van der Waals surface area (Å²) in [5, 5.41) is 12.2. The average molecular weight is 374 g/mol. The molecule has 6 nitrogen and oxygen atoms in total. The van der Waals surface area contributed by atoms with E-state index in [0.717, 1.165) is 27.7 Å². The molecule has 0 saturated carbocycles.